The summed E-state index contributed by atoms with van der Waals surface area (Å²) in [4.78, 5) is 14.0. The average molecular weight is 372 g/mol. The quantitative estimate of drug-likeness (QED) is 0.753. The number of carbonyl (C=O) groups excluding carboxylic acids is 1. The molecule has 27 heavy (non-hydrogen) atoms. The maximum atomic E-state index is 13.4. The molecule has 1 aromatic rings. The third-order valence-corrected chi connectivity index (χ3v) is 5.36. The first-order valence-electron chi connectivity index (χ1n) is 9.64. The summed E-state index contributed by atoms with van der Waals surface area (Å²) < 4.78 is 13.4. The molecular weight excluding hydrogens is 343 g/mol. The maximum absolute atomic E-state index is 13.4. The molecule has 2 N–H and O–H groups in total. The van der Waals surface area contributed by atoms with E-state index >= 15 is 0 Å². The molecule has 146 valence electrons. The standard InChI is InChI=1S/C21H29FN4O/c1-4-21(27)23-12-17-14-25(5-2)19(16-6-8-18(22)9-7-16)10-20(17)26-13-15(3)11-24-26/h4,6-10,15,17,19,24H,1,5,11-14H2,2-3H3,(H,23,27). The second-order valence-corrected chi connectivity index (χ2v) is 7.40. The Morgan fingerprint density at radius 1 is 1.37 bits per heavy atom. The number of benzene rings is 1. The van der Waals surface area contributed by atoms with Crippen LogP contribution in [-0.4, -0.2) is 48.5 Å². The molecule has 3 unspecified atom stereocenters. The van der Waals surface area contributed by atoms with Gasteiger partial charge in [0, 0.05) is 37.8 Å². The molecule has 3 rings (SSSR count). The number of nitrogens with zero attached hydrogens (tertiary/aromatic N) is 2. The molecule has 0 bridgehead atoms. The van der Waals surface area contributed by atoms with Crippen molar-refractivity contribution in [1.29, 1.82) is 0 Å². The molecule has 3 atom stereocenters. The molecule has 0 radical (unpaired) electrons. The van der Waals surface area contributed by atoms with Gasteiger partial charge >= 0.3 is 0 Å². The zero-order chi connectivity index (χ0) is 19.4. The average Bonchev–Trinajstić information content (AvgIpc) is 3.12. The number of hydrogen-bond acceptors (Lipinski definition) is 4. The smallest absolute Gasteiger partial charge is 0.243 e. The van der Waals surface area contributed by atoms with E-state index in [9.17, 15) is 9.18 Å². The lowest BCUT2D eigenvalue weighted by Crippen LogP contribution is -2.47. The Bertz CT molecular complexity index is 703. The first kappa shape index (κ1) is 19.6. The van der Waals surface area contributed by atoms with Crippen LogP contribution in [0.4, 0.5) is 4.39 Å². The second-order valence-electron chi connectivity index (χ2n) is 7.40. The van der Waals surface area contributed by atoms with E-state index in [-0.39, 0.29) is 23.7 Å². The summed E-state index contributed by atoms with van der Waals surface area (Å²) in [5.41, 5.74) is 5.75. The number of carbonyl (C=O) groups is 1. The van der Waals surface area contributed by atoms with Gasteiger partial charge in [0.05, 0.1) is 6.04 Å². The summed E-state index contributed by atoms with van der Waals surface area (Å²) in [5, 5.41) is 5.17. The molecule has 0 aliphatic carbocycles. The molecular formula is C21H29FN4O. The number of hydrogen-bond donors (Lipinski definition) is 2. The van der Waals surface area contributed by atoms with Crippen LogP contribution < -0.4 is 10.7 Å². The topological polar surface area (TPSA) is 47.6 Å². The third-order valence-electron chi connectivity index (χ3n) is 5.36. The van der Waals surface area contributed by atoms with Crippen LogP contribution in [0.2, 0.25) is 0 Å². The monoisotopic (exact) mass is 372 g/mol. The second kappa shape index (κ2) is 8.67. The molecule has 0 spiro atoms. The SMILES string of the molecule is C=CC(=O)NCC1CN(CC)C(c2ccc(F)cc2)C=C1N1CC(C)CN1. The number of nitrogens with one attached hydrogen (secondary N) is 2. The van der Waals surface area contributed by atoms with Crippen molar-refractivity contribution >= 4 is 5.91 Å². The Labute approximate surface area is 160 Å². The van der Waals surface area contributed by atoms with E-state index in [1.807, 2.05) is 12.1 Å². The third kappa shape index (κ3) is 4.57. The maximum Gasteiger partial charge on any atom is 0.243 e. The Hall–Kier alpha value is -2.18. The highest BCUT2D eigenvalue weighted by molar-refractivity contribution is 5.86. The number of amides is 1. The van der Waals surface area contributed by atoms with Crippen molar-refractivity contribution in [3.05, 3.63) is 60.1 Å². The Balaban J connectivity index is 1.90. The van der Waals surface area contributed by atoms with Gasteiger partial charge in [-0.3, -0.25) is 9.69 Å². The van der Waals surface area contributed by atoms with Gasteiger partial charge in [-0.25, -0.2) is 9.82 Å². The van der Waals surface area contributed by atoms with Crippen molar-refractivity contribution in [3.8, 4) is 0 Å². The summed E-state index contributed by atoms with van der Waals surface area (Å²) in [7, 11) is 0. The van der Waals surface area contributed by atoms with Gasteiger partial charge in [-0.2, -0.15) is 0 Å². The van der Waals surface area contributed by atoms with E-state index in [0.29, 0.717) is 12.5 Å². The first-order chi connectivity index (χ1) is 13.0. The molecule has 0 aromatic heterocycles. The van der Waals surface area contributed by atoms with Crippen LogP contribution >= 0.6 is 0 Å². The van der Waals surface area contributed by atoms with Crippen molar-refractivity contribution in [2.75, 3.05) is 32.7 Å². The van der Waals surface area contributed by atoms with Crippen molar-refractivity contribution < 1.29 is 9.18 Å². The van der Waals surface area contributed by atoms with Gasteiger partial charge in [-0.1, -0.05) is 32.6 Å². The van der Waals surface area contributed by atoms with E-state index in [0.717, 1.165) is 31.7 Å². The molecule has 1 fully saturated rings. The van der Waals surface area contributed by atoms with E-state index in [1.165, 1.54) is 23.9 Å². The summed E-state index contributed by atoms with van der Waals surface area (Å²) in [6.07, 6.45) is 3.57. The highest BCUT2D eigenvalue weighted by atomic mass is 19.1. The van der Waals surface area contributed by atoms with Crippen LogP contribution in [0.3, 0.4) is 0 Å². The van der Waals surface area contributed by atoms with Crippen LogP contribution in [0.15, 0.2) is 48.7 Å². The van der Waals surface area contributed by atoms with Crippen molar-refractivity contribution in [1.82, 2.24) is 20.7 Å². The minimum atomic E-state index is -0.221. The largest absolute Gasteiger partial charge is 0.352 e. The van der Waals surface area contributed by atoms with Crippen LogP contribution in [0.1, 0.15) is 25.5 Å². The fourth-order valence-electron chi connectivity index (χ4n) is 3.87. The summed E-state index contributed by atoms with van der Waals surface area (Å²) >= 11 is 0. The minimum absolute atomic E-state index is 0.0923. The zero-order valence-corrected chi connectivity index (χ0v) is 16.1. The summed E-state index contributed by atoms with van der Waals surface area (Å²) in [5.74, 6) is 0.383. The van der Waals surface area contributed by atoms with Crippen molar-refractivity contribution in [2.45, 2.75) is 19.9 Å². The molecule has 1 aromatic carbocycles. The van der Waals surface area contributed by atoms with E-state index in [4.69, 9.17) is 0 Å². The van der Waals surface area contributed by atoms with Gasteiger partial charge in [-0.05, 0) is 42.3 Å². The number of halogens is 1. The van der Waals surface area contributed by atoms with E-state index in [1.54, 1.807) is 0 Å². The van der Waals surface area contributed by atoms with Gasteiger partial charge in [0.2, 0.25) is 5.91 Å². The summed E-state index contributed by atoms with van der Waals surface area (Å²) in [6, 6.07) is 6.84. The lowest BCUT2D eigenvalue weighted by molar-refractivity contribution is -0.116. The fraction of sp³-hybridized carbons (Fsp3) is 0.476. The molecule has 2 aliphatic heterocycles. The van der Waals surface area contributed by atoms with Gasteiger partial charge < -0.3 is 10.3 Å². The normalized spacial score (nSPS) is 26.0. The van der Waals surface area contributed by atoms with Crippen LogP contribution in [0.5, 0.6) is 0 Å². The van der Waals surface area contributed by atoms with Crippen LogP contribution in [0.25, 0.3) is 0 Å². The number of rotatable bonds is 6. The first-order valence-corrected chi connectivity index (χ1v) is 9.64. The molecule has 2 heterocycles. The fourth-order valence-corrected chi connectivity index (χ4v) is 3.87. The predicted molar refractivity (Wildman–Crippen MR) is 105 cm³/mol. The molecule has 0 saturated carbocycles. The Morgan fingerprint density at radius 2 is 2.11 bits per heavy atom. The number of likely N-dealkylation sites (N-methyl/N-ethyl adjacent to an activating group) is 1. The highest BCUT2D eigenvalue weighted by Crippen LogP contribution is 2.34. The molecule has 6 heteroatoms. The lowest BCUT2D eigenvalue weighted by atomic mass is 9.92. The van der Waals surface area contributed by atoms with Crippen molar-refractivity contribution in [2.24, 2.45) is 11.8 Å². The Kier molecular flexibility index (Phi) is 6.29. The van der Waals surface area contributed by atoms with Gasteiger partial charge in [-0.15, -0.1) is 0 Å². The van der Waals surface area contributed by atoms with Gasteiger partial charge in [0.25, 0.3) is 0 Å². The molecule has 1 amide bonds. The van der Waals surface area contributed by atoms with Gasteiger partial charge in [0.1, 0.15) is 5.82 Å². The van der Waals surface area contributed by atoms with Gasteiger partial charge in [0.15, 0.2) is 0 Å². The molecule has 5 nitrogen and oxygen atoms in total. The van der Waals surface area contributed by atoms with Crippen LogP contribution in [0, 0.1) is 17.7 Å². The number of hydrazine groups is 1. The summed E-state index contributed by atoms with van der Waals surface area (Å²) in [6.45, 7) is 12.0. The predicted octanol–water partition coefficient (Wildman–Crippen LogP) is 2.46. The molecule has 2 aliphatic rings. The Morgan fingerprint density at radius 3 is 2.70 bits per heavy atom. The lowest BCUT2D eigenvalue weighted by Gasteiger charge is -2.41. The van der Waals surface area contributed by atoms with E-state index in [2.05, 4.69) is 47.2 Å². The minimum Gasteiger partial charge on any atom is -0.352 e. The highest BCUT2D eigenvalue weighted by Gasteiger charge is 2.34. The molecule has 1 saturated heterocycles. The zero-order valence-electron chi connectivity index (χ0n) is 16.1. The van der Waals surface area contributed by atoms with E-state index < -0.39 is 0 Å². The van der Waals surface area contributed by atoms with Crippen LogP contribution in [-0.2, 0) is 4.79 Å². The van der Waals surface area contributed by atoms with Crippen molar-refractivity contribution in [3.63, 3.8) is 0 Å².